The zero-order valence-corrected chi connectivity index (χ0v) is 13.4. The van der Waals surface area contributed by atoms with Crippen molar-refractivity contribution in [2.75, 3.05) is 13.1 Å². The van der Waals surface area contributed by atoms with E-state index in [4.69, 9.17) is 4.74 Å². The van der Waals surface area contributed by atoms with E-state index >= 15 is 0 Å². The van der Waals surface area contributed by atoms with Crippen LogP contribution in [0.4, 0.5) is 0 Å². The Morgan fingerprint density at radius 3 is 2.54 bits per heavy atom. The van der Waals surface area contributed by atoms with Gasteiger partial charge in [-0.25, -0.2) is 0 Å². The monoisotopic (exact) mass is 324 g/mol. The van der Waals surface area contributed by atoms with Gasteiger partial charge in [-0.05, 0) is 30.4 Å². The molecule has 4 rings (SSSR count). The van der Waals surface area contributed by atoms with Gasteiger partial charge in [-0.2, -0.15) is 0 Å². The highest BCUT2D eigenvalue weighted by molar-refractivity contribution is 5.94. The van der Waals surface area contributed by atoms with Crippen molar-refractivity contribution in [3.63, 3.8) is 0 Å². The van der Waals surface area contributed by atoms with Crippen molar-refractivity contribution in [1.82, 2.24) is 9.88 Å². The van der Waals surface area contributed by atoms with E-state index in [0.717, 1.165) is 5.56 Å². The standard InChI is InChI=1S/C19H20N2O3/c22-18-9-8-15(10-20-18)19(23)21-11-16(13-4-2-1-3-5-13)24-17(12-21)14-6-7-14/h1-5,8-10,14,16-17H,6-7,11-12H2,(H,20,22)/t16-,17+/m0/s1. The first kappa shape index (κ1) is 15.1. The summed E-state index contributed by atoms with van der Waals surface area (Å²) in [6, 6.07) is 13.0. The predicted molar refractivity (Wildman–Crippen MR) is 89.7 cm³/mol. The van der Waals surface area contributed by atoms with Crippen LogP contribution in [-0.4, -0.2) is 35.0 Å². The number of nitrogens with zero attached hydrogens (tertiary/aromatic N) is 1. The number of nitrogens with one attached hydrogen (secondary N) is 1. The van der Waals surface area contributed by atoms with Crippen molar-refractivity contribution >= 4 is 5.91 Å². The number of hydrogen-bond acceptors (Lipinski definition) is 3. The maximum atomic E-state index is 12.8. The largest absolute Gasteiger partial charge is 0.366 e. The molecule has 0 bridgehead atoms. The molecule has 2 aliphatic rings. The highest BCUT2D eigenvalue weighted by Crippen LogP contribution is 2.39. The number of hydrogen-bond donors (Lipinski definition) is 1. The van der Waals surface area contributed by atoms with E-state index in [1.807, 2.05) is 35.2 Å². The van der Waals surface area contributed by atoms with Gasteiger partial charge < -0.3 is 14.6 Å². The summed E-state index contributed by atoms with van der Waals surface area (Å²) in [4.78, 5) is 28.5. The van der Waals surface area contributed by atoms with Gasteiger partial charge in [0.1, 0.15) is 6.10 Å². The number of H-pyrrole nitrogens is 1. The van der Waals surface area contributed by atoms with Gasteiger partial charge in [0, 0.05) is 18.8 Å². The molecule has 1 aromatic carbocycles. The Morgan fingerprint density at radius 1 is 1.08 bits per heavy atom. The number of ether oxygens (including phenoxy) is 1. The number of morpholine rings is 1. The van der Waals surface area contributed by atoms with Crippen LogP contribution in [0.3, 0.4) is 0 Å². The minimum absolute atomic E-state index is 0.0545. The Kier molecular flexibility index (Phi) is 3.94. The molecule has 2 heterocycles. The van der Waals surface area contributed by atoms with Crippen LogP contribution >= 0.6 is 0 Å². The third-order valence-electron chi connectivity index (χ3n) is 4.76. The lowest BCUT2D eigenvalue weighted by molar-refractivity contribution is -0.0864. The number of benzene rings is 1. The Morgan fingerprint density at radius 2 is 1.88 bits per heavy atom. The molecule has 1 amide bonds. The molecule has 0 spiro atoms. The van der Waals surface area contributed by atoms with Crippen molar-refractivity contribution in [1.29, 1.82) is 0 Å². The van der Waals surface area contributed by atoms with E-state index in [2.05, 4.69) is 4.98 Å². The van der Waals surface area contributed by atoms with Crippen LogP contribution in [-0.2, 0) is 4.74 Å². The van der Waals surface area contributed by atoms with Gasteiger partial charge in [0.05, 0.1) is 18.2 Å². The molecular weight excluding hydrogens is 304 g/mol. The summed E-state index contributed by atoms with van der Waals surface area (Å²) >= 11 is 0. The highest BCUT2D eigenvalue weighted by atomic mass is 16.5. The van der Waals surface area contributed by atoms with Gasteiger partial charge in [0.25, 0.3) is 5.91 Å². The molecule has 2 atom stereocenters. The molecule has 2 aromatic rings. The second kappa shape index (κ2) is 6.24. The number of pyridine rings is 1. The number of aromatic amines is 1. The quantitative estimate of drug-likeness (QED) is 0.943. The zero-order chi connectivity index (χ0) is 16.5. The first-order valence-corrected chi connectivity index (χ1v) is 8.39. The molecule has 1 aliphatic carbocycles. The van der Waals surface area contributed by atoms with Crippen LogP contribution in [0.5, 0.6) is 0 Å². The summed E-state index contributed by atoms with van der Waals surface area (Å²) in [5, 5.41) is 0. The van der Waals surface area contributed by atoms with E-state index in [-0.39, 0.29) is 23.7 Å². The molecule has 1 N–H and O–H groups in total. The fourth-order valence-electron chi connectivity index (χ4n) is 3.26. The molecule has 1 aliphatic heterocycles. The molecule has 0 radical (unpaired) electrons. The summed E-state index contributed by atoms with van der Waals surface area (Å²) < 4.78 is 6.28. The van der Waals surface area contributed by atoms with E-state index < -0.39 is 0 Å². The van der Waals surface area contributed by atoms with E-state index in [1.54, 1.807) is 6.07 Å². The van der Waals surface area contributed by atoms with Crippen LogP contribution in [0.15, 0.2) is 53.5 Å². The molecule has 0 unspecified atom stereocenters. The minimum atomic E-state index is -0.202. The van der Waals surface area contributed by atoms with Crippen LogP contribution in [0.1, 0.15) is 34.9 Å². The number of aromatic nitrogens is 1. The van der Waals surface area contributed by atoms with E-state index in [0.29, 0.717) is 24.6 Å². The molecule has 2 fully saturated rings. The lowest BCUT2D eigenvalue weighted by Crippen LogP contribution is -2.47. The molecule has 5 nitrogen and oxygen atoms in total. The Balaban J connectivity index is 1.58. The average molecular weight is 324 g/mol. The highest BCUT2D eigenvalue weighted by Gasteiger charge is 2.40. The summed E-state index contributed by atoms with van der Waals surface area (Å²) in [6.07, 6.45) is 3.83. The van der Waals surface area contributed by atoms with E-state index in [1.165, 1.54) is 25.1 Å². The van der Waals surface area contributed by atoms with Crippen molar-refractivity contribution in [2.24, 2.45) is 5.92 Å². The van der Waals surface area contributed by atoms with Crippen molar-refractivity contribution < 1.29 is 9.53 Å². The Bertz CT molecular complexity index is 762. The summed E-state index contributed by atoms with van der Waals surface area (Å²) in [6.45, 7) is 1.15. The van der Waals surface area contributed by atoms with Gasteiger partial charge in [-0.15, -0.1) is 0 Å². The second-order valence-corrected chi connectivity index (χ2v) is 6.56. The second-order valence-electron chi connectivity index (χ2n) is 6.56. The molecule has 5 heteroatoms. The molecule has 124 valence electrons. The van der Waals surface area contributed by atoms with Crippen LogP contribution in [0, 0.1) is 5.92 Å². The summed E-state index contributed by atoms with van der Waals surface area (Å²) in [5.41, 5.74) is 1.41. The molecular formula is C19H20N2O3. The van der Waals surface area contributed by atoms with Crippen LogP contribution in [0.2, 0.25) is 0 Å². The molecule has 24 heavy (non-hydrogen) atoms. The smallest absolute Gasteiger partial charge is 0.255 e. The summed E-state index contributed by atoms with van der Waals surface area (Å²) in [7, 11) is 0. The summed E-state index contributed by atoms with van der Waals surface area (Å²) in [5.74, 6) is 0.503. The van der Waals surface area contributed by atoms with Crippen LogP contribution in [0.25, 0.3) is 0 Å². The third kappa shape index (κ3) is 3.12. The first-order valence-electron chi connectivity index (χ1n) is 8.39. The van der Waals surface area contributed by atoms with Gasteiger partial charge in [-0.1, -0.05) is 30.3 Å². The normalized spacial score (nSPS) is 23.9. The fraction of sp³-hybridized carbons (Fsp3) is 0.368. The SMILES string of the molecule is O=C(c1ccc(=O)[nH]c1)N1C[C@@H](c2ccccc2)O[C@@H](C2CC2)C1. The lowest BCUT2D eigenvalue weighted by atomic mass is 10.0. The Labute approximate surface area is 140 Å². The van der Waals surface area contributed by atoms with Crippen molar-refractivity contribution in [2.45, 2.75) is 25.0 Å². The maximum Gasteiger partial charge on any atom is 0.255 e. The fourth-order valence-corrected chi connectivity index (χ4v) is 3.26. The van der Waals surface area contributed by atoms with Crippen molar-refractivity contribution in [3.8, 4) is 0 Å². The van der Waals surface area contributed by atoms with E-state index in [9.17, 15) is 9.59 Å². The number of amides is 1. The van der Waals surface area contributed by atoms with Gasteiger partial charge in [0.15, 0.2) is 0 Å². The van der Waals surface area contributed by atoms with Crippen molar-refractivity contribution in [3.05, 3.63) is 70.1 Å². The topological polar surface area (TPSA) is 62.4 Å². The number of rotatable bonds is 3. The van der Waals surface area contributed by atoms with Gasteiger partial charge in [-0.3, -0.25) is 9.59 Å². The van der Waals surface area contributed by atoms with Gasteiger partial charge in [0.2, 0.25) is 5.56 Å². The molecule has 1 saturated carbocycles. The third-order valence-corrected chi connectivity index (χ3v) is 4.76. The number of carbonyl (C=O) groups excluding carboxylic acids is 1. The van der Waals surface area contributed by atoms with Gasteiger partial charge >= 0.3 is 0 Å². The molecule has 1 aromatic heterocycles. The minimum Gasteiger partial charge on any atom is -0.366 e. The number of carbonyl (C=O) groups is 1. The predicted octanol–water partition coefficient (Wildman–Crippen LogP) is 2.37. The average Bonchev–Trinajstić information content (AvgIpc) is 3.47. The molecule has 1 saturated heterocycles. The maximum absolute atomic E-state index is 12.8. The lowest BCUT2D eigenvalue weighted by Gasteiger charge is -2.38. The first-order chi connectivity index (χ1) is 11.7. The van der Waals surface area contributed by atoms with Crippen LogP contribution < -0.4 is 5.56 Å². The Hall–Kier alpha value is -2.40. The zero-order valence-electron chi connectivity index (χ0n) is 13.4.